The van der Waals surface area contributed by atoms with Gasteiger partial charge in [0.25, 0.3) is 5.56 Å². The quantitative estimate of drug-likeness (QED) is 0.478. The number of nitrogens with one attached hydrogen (secondary N) is 2. The number of aromatic amines is 1. The molecule has 1 aliphatic rings. The third-order valence-electron chi connectivity index (χ3n) is 5.26. The zero-order valence-electron chi connectivity index (χ0n) is 16.2. The van der Waals surface area contributed by atoms with Crippen LogP contribution in [0.2, 0.25) is 0 Å². The first-order valence-electron chi connectivity index (χ1n) is 9.87. The number of benzene rings is 1. The number of hydrogen-bond donors (Lipinski definition) is 3. The van der Waals surface area contributed by atoms with Gasteiger partial charge in [-0.2, -0.15) is 10.2 Å². The summed E-state index contributed by atoms with van der Waals surface area (Å²) in [5, 5.41) is 15.2. The van der Waals surface area contributed by atoms with Crippen LogP contribution in [0.5, 0.6) is 11.6 Å². The highest BCUT2D eigenvalue weighted by Crippen LogP contribution is 2.33. The Kier molecular flexibility index (Phi) is 4.64. The van der Waals surface area contributed by atoms with Gasteiger partial charge < -0.3 is 15.8 Å². The molecule has 1 atom stereocenters. The third kappa shape index (κ3) is 3.29. The second-order valence-electron chi connectivity index (χ2n) is 7.25. The minimum Gasteiger partial charge on any atom is -0.439 e. The van der Waals surface area contributed by atoms with E-state index in [2.05, 4.69) is 20.5 Å². The van der Waals surface area contributed by atoms with E-state index in [0.717, 1.165) is 31.5 Å². The van der Waals surface area contributed by atoms with E-state index in [1.807, 2.05) is 36.4 Å². The number of nitrogens with two attached hydrogens (primary N) is 1. The van der Waals surface area contributed by atoms with Gasteiger partial charge in [-0.25, -0.2) is 10.1 Å². The Morgan fingerprint density at radius 2 is 2.03 bits per heavy atom. The molecule has 152 valence electrons. The molecule has 1 aliphatic heterocycles. The Morgan fingerprint density at radius 1 is 1.17 bits per heavy atom. The second kappa shape index (κ2) is 7.60. The fourth-order valence-electron chi connectivity index (χ4n) is 3.83. The summed E-state index contributed by atoms with van der Waals surface area (Å²) in [6, 6.07) is 13.0. The number of nitrogen functional groups attached to an aromatic ring is 1. The molecule has 9 heteroatoms. The van der Waals surface area contributed by atoms with E-state index in [-0.39, 0.29) is 17.4 Å². The zero-order valence-corrected chi connectivity index (χ0v) is 16.2. The highest BCUT2D eigenvalue weighted by atomic mass is 16.5. The van der Waals surface area contributed by atoms with Gasteiger partial charge in [-0.1, -0.05) is 6.07 Å². The normalized spacial score (nSPS) is 16.6. The van der Waals surface area contributed by atoms with Gasteiger partial charge in [0.15, 0.2) is 5.82 Å². The highest BCUT2D eigenvalue weighted by Gasteiger charge is 2.24. The van der Waals surface area contributed by atoms with E-state index < -0.39 is 0 Å². The number of piperidine rings is 1. The monoisotopic (exact) mass is 403 g/mol. The highest BCUT2D eigenvalue weighted by molar-refractivity contribution is 5.99. The van der Waals surface area contributed by atoms with Gasteiger partial charge in [0, 0.05) is 24.4 Å². The fourth-order valence-corrected chi connectivity index (χ4v) is 3.83. The lowest BCUT2D eigenvalue weighted by Crippen LogP contribution is -2.33. The summed E-state index contributed by atoms with van der Waals surface area (Å²) >= 11 is 0. The molecule has 0 bridgehead atoms. The molecule has 0 radical (unpaired) electrons. The van der Waals surface area contributed by atoms with E-state index in [9.17, 15) is 4.79 Å². The van der Waals surface area contributed by atoms with Crippen molar-refractivity contribution < 1.29 is 4.74 Å². The lowest BCUT2D eigenvalue weighted by atomic mass is 10.1. The largest absolute Gasteiger partial charge is 0.439 e. The van der Waals surface area contributed by atoms with Crippen molar-refractivity contribution in [1.29, 1.82) is 0 Å². The van der Waals surface area contributed by atoms with Crippen LogP contribution in [0.15, 0.2) is 53.5 Å². The van der Waals surface area contributed by atoms with Crippen molar-refractivity contribution in [1.82, 2.24) is 30.3 Å². The van der Waals surface area contributed by atoms with Crippen molar-refractivity contribution in [3.63, 3.8) is 0 Å². The maximum atomic E-state index is 12.6. The Bertz CT molecular complexity index is 1230. The molecule has 4 aromatic rings. The van der Waals surface area contributed by atoms with Crippen LogP contribution in [-0.4, -0.2) is 38.1 Å². The van der Waals surface area contributed by atoms with Gasteiger partial charge >= 0.3 is 0 Å². The minimum absolute atomic E-state index is 0.0876. The van der Waals surface area contributed by atoms with Crippen LogP contribution in [-0.2, 0) is 0 Å². The number of H-pyrrole nitrogens is 1. The average Bonchev–Trinajstić information content (AvgIpc) is 3.20. The predicted octanol–water partition coefficient (Wildman–Crippen LogP) is 2.48. The first-order valence-corrected chi connectivity index (χ1v) is 9.87. The number of fused-ring (bicyclic) bond motifs is 1. The van der Waals surface area contributed by atoms with Crippen LogP contribution in [0.25, 0.3) is 22.2 Å². The van der Waals surface area contributed by atoms with Gasteiger partial charge in [0.05, 0.1) is 11.4 Å². The Morgan fingerprint density at radius 3 is 2.77 bits per heavy atom. The lowest BCUT2D eigenvalue weighted by molar-refractivity contribution is 0.355. The van der Waals surface area contributed by atoms with Crippen LogP contribution >= 0.6 is 0 Å². The van der Waals surface area contributed by atoms with E-state index >= 15 is 0 Å². The SMILES string of the molecule is Nc1n[nH]c(=O)c2c1c(-c1ccc(Oc3ccccn3)cc1)nn2[C@@H]1CCCNC1. The molecule has 1 aromatic carbocycles. The molecule has 4 heterocycles. The smallest absolute Gasteiger partial charge is 0.290 e. The molecule has 4 N–H and O–H groups in total. The maximum Gasteiger partial charge on any atom is 0.290 e. The van der Waals surface area contributed by atoms with Crippen molar-refractivity contribution in [2.24, 2.45) is 0 Å². The molecule has 9 nitrogen and oxygen atoms in total. The van der Waals surface area contributed by atoms with Crippen molar-refractivity contribution in [3.05, 3.63) is 59.0 Å². The summed E-state index contributed by atoms with van der Waals surface area (Å²) in [5.41, 5.74) is 7.78. The number of hydrogen-bond acceptors (Lipinski definition) is 7. The minimum atomic E-state index is -0.293. The van der Waals surface area contributed by atoms with E-state index in [1.54, 1.807) is 16.9 Å². The summed E-state index contributed by atoms with van der Waals surface area (Å²) in [6.45, 7) is 1.73. The Labute approximate surface area is 171 Å². The van der Waals surface area contributed by atoms with Crippen molar-refractivity contribution >= 4 is 16.7 Å². The summed E-state index contributed by atoms with van der Waals surface area (Å²) in [4.78, 5) is 16.8. The van der Waals surface area contributed by atoms with Gasteiger partial charge in [0.1, 0.15) is 17.0 Å². The first kappa shape index (κ1) is 18.3. The van der Waals surface area contributed by atoms with Crippen molar-refractivity contribution in [2.45, 2.75) is 18.9 Å². The van der Waals surface area contributed by atoms with Crippen LogP contribution in [0.1, 0.15) is 18.9 Å². The third-order valence-corrected chi connectivity index (χ3v) is 5.26. The number of rotatable bonds is 4. The number of nitrogens with zero attached hydrogens (tertiary/aromatic N) is 4. The van der Waals surface area contributed by atoms with Crippen LogP contribution in [0, 0.1) is 0 Å². The second-order valence-corrected chi connectivity index (χ2v) is 7.25. The molecule has 1 fully saturated rings. The number of ether oxygens (including phenoxy) is 1. The molecule has 0 amide bonds. The molecular formula is C21H21N7O2. The molecule has 1 saturated heterocycles. The number of anilines is 1. The maximum absolute atomic E-state index is 12.6. The lowest BCUT2D eigenvalue weighted by Gasteiger charge is -2.23. The molecule has 0 unspecified atom stereocenters. The topological polar surface area (TPSA) is 124 Å². The van der Waals surface area contributed by atoms with E-state index in [1.165, 1.54) is 0 Å². The molecule has 0 saturated carbocycles. The van der Waals surface area contributed by atoms with Crippen LogP contribution < -0.4 is 21.3 Å². The van der Waals surface area contributed by atoms with Gasteiger partial charge in [-0.05, 0) is 49.7 Å². The molecule has 0 spiro atoms. The Hall–Kier alpha value is -3.72. The summed E-state index contributed by atoms with van der Waals surface area (Å²) in [7, 11) is 0. The van der Waals surface area contributed by atoms with Crippen LogP contribution in [0.4, 0.5) is 5.82 Å². The number of pyridine rings is 1. The summed E-state index contributed by atoms with van der Waals surface area (Å²) < 4.78 is 7.56. The summed E-state index contributed by atoms with van der Waals surface area (Å²) in [6.07, 6.45) is 3.65. The number of aromatic nitrogens is 5. The molecule has 5 rings (SSSR count). The van der Waals surface area contributed by atoms with Gasteiger partial charge in [-0.3, -0.25) is 9.48 Å². The molecule has 30 heavy (non-hydrogen) atoms. The summed E-state index contributed by atoms with van der Waals surface area (Å²) in [5.74, 6) is 1.43. The van der Waals surface area contributed by atoms with Gasteiger partial charge in [-0.15, -0.1) is 0 Å². The zero-order chi connectivity index (χ0) is 20.5. The molecule has 0 aliphatic carbocycles. The standard InChI is InChI=1S/C21H21N7O2/c22-20-17-18(13-6-8-15(9-7-13)30-16-5-1-2-11-24-16)27-28(14-4-3-10-23-12-14)19(17)21(29)26-25-20/h1-2,5-9,11,14,23H,3-4,10,12H2,(H2,22,25)(H,26,29)/t14-/m1/s1. The fraction of sp³-hybridized carbons (Fsp3) is 0.238. The predicted molar refractivity (Wildman–Crippen MR) is 113 cm³/mol. The van der Waals surface area contributed by atoms with Crippen LogP contribution in [0.3, 0.4) is 0 Å². The first-order chi connectivity index (χ1) is 14.7. The van der Waals surface area contributed by atoms with Crippen molar-refractivity contribution in [3.8, 4) is 22.9 Å². The van der Waals surface area contributed by atoms with E-state index in [0.29, 0.717) is 28.2 Å². The van der Waals surface area contributed by atoms with Gasteiger partial charge in [0.2, 0.25) is 5.88 Å². The van der Waals surface area contributed by atoms with Crippen molar-refractivity contribution in [2.75, 3.05) is 18.8 Å². The molecule has 3 aromatic heterocycles. The van der Waals surface area contributed by atoms with E-state index in [4.69, 9.17) is 15.6 Å². The average molecular weight is 403 g/mol. The Balaban J connectivity index is 1.57. The molecular weight excluding hydrogens is 382 g/mol.